The number of nitrogens with zero attached hydrogens (tertiary/aromatic N) is 1. The van der Waals surface area contributed by atoms with E-state index in [-0.39, 0.29) is 13.0 Å². The molecule has 8 heteroatoms. The number of fused-ring (bicyclic) bond motifs is 3. The Morgan fingerprint density at radius 1 is 1.17 bits per heavy atom. The highest BCUT2D eigenvalue weighted by Gasteiger charge is 2.81. The van der Waals surface area contributed by atoms with Gasteiger partial charge in [0.2, 0.25) is 0 Å². The van der Waals surface area contributed by atoms with E-state index in [1.807, 2.05) is 13.8 Å². The van der Waals surface area contributed by atoms with Crippen LogP contribution in [0.25, 0.3) is 0 Å². The van der Waals surface area contributed by atoms with Crippen LogP contribution in [-0.2, 0) is 19.1 Å². The third kappa shape index (κ3) is 3.74. The summed E-state index contributed by atoms with van der Waals surface area (Å²) in [4.78, 5) is 29.0. The number of likely N-dealkylation sites (tertiary alicyclic amines) is 1. The van der Waals surface area contributed by atoms with Crippen molar-refractivity contribution in [3.8, 4) is 0 Å². The summed E-state index contributed by atoms with van der Waals surface area (Å²) < 4.78 is 12.4. The van der Waals surface area contributed by atoms with Gasteiger partial charge < -0.3 is 24.8 Å². The topological polar surface area (TPSA) is 117 Å². The number of esters is 1. The summed E-state index contributed by atoms with van der Waals surface area (Å²) in [6.45, 7) is 14.4. The first-order chi connectivity index (χ1) is 16.2. The summed E-state index contributed by atoms with van der Waals surface area (Å²) in [6, 6.07) is 0. The van der Waals surface area contributed by atoms with Gasteiger partial charge in [-0.3, -0.25) is 14.5 Å². The fourth-order valence-electron chi connectivity index (χ4n) is 7.89. The first-order valence-corrected chi connectivity index (χ1v) is 13.0. The van der Waals surface area contributed by atoms with Crippen molar-refractivity contribution in [2.75, 3.05) is 19.6 Å². The molecule has 0 aromatic heterocycles. The fourth-order valence-corrected chi connectivity index (χ4v) is 7.89. The van der Waals surface area contributed by atoms with E-state index >= 15 is 0 Å². The second-order valence-electron chi connectivity index (χ2n) is 12.6. The van der Waals surface area contributed by atoms with Crippen LogP contribution in [0.3, 0.4) is 0 Å². The Bertz CT molecular complexity index is 885. The van der Waals surface area contributed by atoms with Crippen molar-refractivity contribution in [1.29, 1.82) is 0 Å². The summed E-state index contributed by atoms with van der Waals surface area (Å²) in [5, 5.41) is 35.5. The Kier molecular flexibility index (Phi) is 6.59. The second kappa shape index (κ2) is 8.62. The van der Waals surface area contributed by atoms with Crippen LogP contribution in [0.4, 0.5) is 0 Å². The zero-order valence-electron chi connectivity index (χ0n) is 21.9. The molecule has 3 N–H and O–H groups in total. The summed E-state index contributed by atoms with van der Waals surface area (Å²) in [7, 11) is 0. The maximum atomic E-state index is 13.8. The molecule has 4 rings (SSSR count). The second-order valence-corrected chi connectivity index (χ2v) is 12.6. The molecule has 2 aliphatic heterocycles. The summed E-state index contributed by atoms with van der Waals surface area (Å²) in [5.74, 6) is -1.65. The highest BCUT2D eigenvalue weighted by molar-refractivity contribution is 5.92. The van der Waals surface area contributed by atoms with Gasteiger partial charge in [-0.15, -0.1) is 6.58 Å². The van der Waals surface area contributed by atoms with Crippen LogP contribution in [0.1, 0.15) is 73.1 Å². The first-order valence-electron chi connectivity index (χ1n) is 13.0. The lowest BCUT2D eigenvalue weighted by molar-refractivity contribution is -0.370. The molecule has 0 spiro atoms. The quantitative estimate of drug-likeness (QED) is 0.402. The van der Waals surface area contributed by atoms with Crippen molar-refractivity contribution in [1.82, 2.24) is 4.90 Å². The molecule has 4 aliphatic rings. The Balaban J connectivity index is 1.80. The van der Waals surface area contributed by atoms with Crippen LogP contribution in [0.2, 0.25) is 0 Å². The van der Waals surface area contributed by atoms with Gasteiger partial charge in [-0.25, -0.2) is 0 Å². The minimum Gasteiger partial charge on any atom is -0.458 e. The molecular weight excluding hydrogens is 450 g/mol. The summed E-state index contributed by atoms with van der Waals surface area (Å²) in [5.41, 5.74) is -7.11. The van der Waals surface area contributed by atoms with Gasteiger partial charge in [0.25, 0.3) is 0 Å². The fraction of sp³-hybridized carbons (Fsp3) is 0.852. The van der Waals surface area contributed by atoms with Crippen molar-refractivity contribution >= 4 is 11.8 Å². The first kappa shape index (κ1) is 26.7. The van der Waals surface area contributed by atoms with E-state index in [0.29, 0.717) is 12.8 Å². The predicted octanol–water partition coefficient (Wildman–Crippen LogP) is 1.99. The van der Waals surface area contributed by atoms with Gasteiger partial charge in [-0.2, -0.15) is 0 Å². The normalized spacial score (nSPS) is 47.9. The molecule has 2 saturated carbocycles. The highest BCUT2D eigenvalue weighted by atomic mass is 16.6. The van der Waals surface area contributed by atoms with Gasteiger partial charge in [0, 0.05) is 17.8 Å². The molecule has 2 aliphatic carbocycles. The lowest BCUT2D eigenvalue weighted by Crippen LogP contribution is -2.86. The molecule has 35 heavy (non-hydrogen) atoms. The molecule has 8 atom stereocenters. The zero-order valence-corrected chi connectivity index (χ0v) is 21.9. The molecule has 2 saturated heterocycles. The predicted molar refractivity (Wildman–Crippen MR) is 129 cm³/mol. The SMILES string of the molecule is C=C[C@@]1(C)CC(=O)[C@]2(O)[C@@]3(C)[C@@H](O)CCC(C)(C)[C@@H]3[C@H](OC(=O)CN3CCCCC3)[C@H](O)[C@@]2(C)O1. The van der Waals surface area contributed by atoms with Crippen molar-refractivity contribution < 1.29 is 34.4 Å². The third-order valence-corrected chi connectivity index (χ3v) is 9.81. The number of rotatable bonds is 4. The van der Waals surface area contributed by atoms with Crippen molar-refractivity contribution in [2.24, 2.45) is 16.7 Å². The van der Waals surface area contributed by atoms with Crippen LogP contribution in [0, 0.1) is 16.7 Å². The molecule has 0 aromatic rings. The number of piperidine rings is 1. The van der Waals surface area contributed by atoms with Gasteiger partial charge in [-0.1, -0.05) is 33.3 Å². The maximum absolute atomic E-state index is 13.8. The minimum absolute atomic E-state index is 0.112. The van der Waals surface area contributed by atoms with E-state index < -0.39 is 63.6 Å². The lowest BCUT2D eigenvalue weighted by Gasteiger charge is -2.71. The van der Waals surface area contributed by atoms with E-state index in [1.54, 1.807) is 13.8 Å². The number of carbonyl (C=O) groups excluding carboxylic acids is 2. The molecule has 0 amide bonds. The zero-order chi connectivity index (χ0) is 26.0. The number of carbonyl (C=O) groups is 2. The average molecular weight is 494 g/mol. The standard InChI is InChI=1S/C27H43NO7/c1-7-24(4)15-18(30)27(33)25(5)17(29)11-12-23(2,3)21(25)20(22(32)26(27,6)35-24)34-19(31)16-28-13-9-8-10-14-28/h7,17,20-22,29,32-33H,1,8-16H2,2-6H3/t17-,20-,21-,22-,24-,25-,26+,27-/m0/s1. The Morgan fingerprint density at radius 3 is 2.40 bits per heavy atom. The van der Waals surface area contributed by atoms with E-state index in [4.69, 9.17) is 9.47 Å². The van der Waals surface area contributed by atoms with Crippen LogP contribution in [0.15, 0.2) is 12.7 Å². The summed E-state index contributed by atoms with van der Waals surface area (Å²) >= 11 is 0. The Hall–Kier alpha value is -1.32. The number of ketones is 1. The van der Waals surface area contributed by atoms with E-state index in [1.165, 1.54) is 13.0 Å². The smallest absolute Gasteiger partial charge is 0.320 e. The van der Waals surface area contributed by atoms with Crippen molar-refractivity contribution in [3.05, 3.63) is 12.7 Å². The molecule has 0 radical (unpaired) electrons. The molecular formula is C27H43NO7. The maximum Gasteiger partial charge on any atom is 0.320 e. The molecule has 0 aromatic carbocycles. The number of aliphatic hydroxyl groups excluding tert-OH is 2. The van der Waals surface area contributed by atoms with E-state index in [2.05, 4.69) is 11.5 Å². The third-order valence-electron chi connectivity index (χ3n) is 9.81. The molecule has 2 heterocycles. The van der Waals surface area contributed by atoms with Gasteiger partial charge in [0.15, 0.2) is 11.4 Å². The lowest BCUT2D eigenvalue weighted by atomic mass is 9.40. The molecule has 8 nitrogen and oxygen atoms in total. The Labute approximate surface area is 208 Å². The van der Waals surface area contributed by atoms with Gasteiger partial charge in [0.05, 0.1) is 18.2 Å². The number of hydrogen-bond donors (Lipinski definition) is 3. The monoisotopic (exact) mass is 493 g/mol. The van der Waals surface area contributed by atoms with Crippen LogP contribution in [0.5, 0.6) is 0 Å². The molecule has 198 valence electrons. The molecule has 0 bridgehead atoms. The van der Waals surface area contributed by atoms with Crippen LogP contribution in [-0.4, -0.2) is 86.7 Å². The van der Waals surface area contributed by atoms with Crippen LogP contribution < -0.4 is 0 Å². The van der Waals surface area contributed by atoms with Crippen LogP contribution >= 0.6 is 0 Å². The van der Waals surface area contributed by atoms with E-state index in [0.717, 1.165) is 32.4 Å². The van der Waals surface area contributed by atoms with Gasteiger partial charge >= 0.3 is 5.97 Å². The minimum atomic E-state index is -2.19. The number of ether oxygens (including phenoxy) is 2. The van der Waals surface area contributed by atoms with Crippen molar-refractivity contribution in [2.45, 2.75) is 108 Å². The molecule has 4 fully saturated rings. The number of Topliss-reactive ketones (excluding diaryl/α,β-unsaturated/α-hetero) is 1. The van der Waals surface area contributed by atoms with Gasteiger partial charge in [-0.05, 0) is 58.0 Å². The average Bonchev–Trinajstić information content (AvgIpc) is 2.78. The number of aliphatic hydroxyl groups is 3. The Morgan fingerprint density at radius 2 is 1.80 bits per heavy atom. The van der Waals surface area contributed by atoms with Gasteiger partial charge in [0.1, 0.15) is 17.8 Å². The van der Waals surface area contributed by atoms with E-state index in [9.17, 15) is 24.9 Å². The number of hydrogen-bond acceptors (Lipinski definition) is 8. The molecule has 0 unspecified atom stereocenters. The van der Waals surface area contributed by atoms with Crippen molar-refractivity contribution in [3.63, 3.8) is 0 Å². The summed E-state index contributed by atoms with van der Waals surface area (Å²) in [6.07, 6.45) is 1.89. The largest absolute Gasteiger partial charge is 0.458 e. The highest BCUT2D eigenvalue weighted by Crippen LogP contribution is 2.67.